The van der Waals surface area contributed by atoms with Crippen molar-refractivity contribution in [2.75, 3.05) is 7.11 Å². The molecule has 0 amide bonds. The van der Waals surface area contributed by atoms with Crippen LogP contribution in [0.15, 0.2) is 40.9 Å². The maximum Gasteiger partial charge on any atom is 0.339 e. The fourth-order valence-corrected chi connectivity index (χ4v) is 2.66. The number of benzene rings is 2. The summed E-state index contributed by atoms with van der Waals surface area (Å²) in [5, 5.41) is 10.6. The number of nitrogens with zero attached hydrogens (tertiary/aromatic N) is 1. The van der Waals surface area contributed by atoms with Crippen LogP contribution in [0, 0.1) is 10.1 Å². The van der Waals surface area contributed by atoms with Crippen molar-refractivity contribution in [3.05, 3.63) is 72.7 Å². The van der Waals surface area contributed by atoms with Crippen molar-refractivity contribution in [3.63, 3.8) is 0 Å². The molecule has 0 aliphatic rings. The molecule has 0 fully saturated rings. The van der Waals surface area contributed by atoms with Gasteiger partial charge in [0.2, 0.25) is 0 Å². The van der Waals surface area contributed by atoms with Gasteiger partial charge in [-0.05, 0) is 18.2 Å². The van der Waals surface area contributed by atoms with Crippen molar-refractivity contribution in [1.29, 1.82) is 0 Å². The summed E-state index contributed by atoms with van der Waals surface area (Å²) in [5.74, 6) is -1.20. The number of carbonyl (C=O) groups excluding carboxylic acids is 2. The molecular weight excluding hydrogens is 418 g/mol. The van der Waals surface area contributed by atoms with E-state index in [4.69, 9.17) is 16.3 Å². The fourth-order valence-electron chi connectivity index (χ4n) is 1.91. The molecule has 130 valence electrons. The summed E-state index contributed by atoms with van der Waals surface area (Å²) < 4.78 is 10.4. The largest absolute Gasteiger partial charge is 0.465 e. The van der Waals surface area contributed by atoms with Crippen LogP contribution in [-0.2, 0) is 16.1 Å². The highest BCUT2D eigenvalue weighted by atomic mass is 79.9. The maximum absolute atomic E-state index is 12.1. The van der Waals surface area contributed by atoms with Gasteiger partial charge in [0, 0.05) is 22.2 Å². The first kappa shape index (κ1) is 18.9. The SMILES string of the molecule is COC(=O)c1ccc(COC(=O)c2ccc([N+](=O)[O-])cc2Cl)c(Br)c1. The molecule has 0 saturated carbocycles. The Kier molecular flexibility index (Phi) is 6.11. The summed E-state index contributed by atoms with van der Waals surface area (Å²) in [6.45, 7) is -0.0752. The average molecular weight is 429 g/mol. The highest BCUT2D eigenvalue weighted by molar-refractivity contribution is 9.10. The number of hydrogen-bond donors (Lipinski definition) is 0. The standard InChI is InChI=1S/C16H11BrClNO6/c1-24-15(20)9-2-3-10(13(17)6-9)8-25-16(21)12-5-4-11(19(22)23)7-14(12)18/h2-7H,8H2,1H3. The van der Waals surface area contributed by atoms with E-state index in [2.05, 4.69) is 20.7 Å². The Bertz CT molecular complexity index is 855. The van der Waals surface area contributed by atoms with Gasteiger partial charge in [-0.25, -0.2) is 9.59 Å². The molecule has 0 N–H and O–H groups in total. The van der Waals surface area contributed by atoms with Crippen molar-refractivity contribution in [3.8, 4) is 0 Å². The molecule has 0 spiro atoms. The van der Waals surface area contributed by atoms with E-state index in [1.807, 2.05) is 0 Å². The number of carbonyl (C=O) groups is 2. The first-order chi connectivity index (χ1) is 11.8. The van der Waals surface area contributed by atoms with Crippen molar-refractivity contribution in [1.82, 2.24) is 0 Å². The summed E-state index contributed by atoms with van der Waals surface area (Å²) in [5.41, 5.74) is 0.777. The van der Waals surface area contributed by atoms with Gasteiger partial charge in [-0.3, -0.25) is 10.1 Å². The Morgan fingerprint density at radius 1 is 1.20 bits per heavy atom. The monoisotopic (exact) mass is 427 g/mol. The Hall–Kier alpha value is -2.45. The molecule has 0 bridgehead atoms. The van der Waals surface area contributed by atoms with E-state index < -0.39 is 16.9 Å². The Morgan fingerprint density at radius 3 is 2.48 bits per heavy atom. The number of esters is 2. The minimum atomic E-state index is -0.719. The third kappa shape index (κ3) is 4.55. The lowest BCUT2D eigenvalue weighted by molar-refractivity contribution is -0.384. The average Bonchev–Trinajstić information content (AvgIpc) is 2.59. The van der Waals surface area contributed by atoms with Crippen molar-refractivity contribution < 1.29 is 24.0 Å². The normalized spacial score (nSPS) is 10.2. The van der Waals surface area contributed by atoms with Crippen LogP contribution in [0.1, 0.15) is 26.3 Å². The summed E-state index contributed by atoms with van der Waals surface area (Å²) in [6, 6.07) is 8.19. The highest BCUT2D eigenvalue weighted by Gasteiger charge is 2.17. The van der Waals surface area contributed by atoms with E-state index in [1.54, 1.807) is 18.2 Å². The number of halogens is 2. The van der Waals surface area contributed by atoms with Crippen LogP contribution in [0.2, 0.25) is 5.02 Å². The lowest BCUT2D eigenvalue weighted by atomic mass is 10.1. The molecule has 2 rings (SSSR count). The van der Waals surface area contributed by atoms with E-state index >= 15 is 0 Å². The van der Waals surface area contributed by atoms with Crippen molar-refractivity contribution in [2.45, 2.75) is 6.61 Å². The zero-order valence-electron chi connectivity index (χ0n) is 12.8. The molecule has 0 saturated heterocycles. The second-order valence-electron chi connectivity index (χ2n) is 4.80. The highest BCUT2D eigenvalue weighted by Crippen LogP contribution is 2.24. The van der Waals surface area contributed by atoms with Gasteiger partial charge in [0.15, 0.2) is 0 Å². The van der Waals surface area contributed by atoms with Crippen LogP contribution in [0.5, 0.6) is 0 Å². The van der Waals surface area contributed by atoms with E-state index in [-0.39, 0.29) is 22.9 Å². The molecule has 25 heavy (non-hydrogen) atoms. The zero-order chi connectivity index (χ0) is 18.6. The molecule has 0 radical (unpaired) electrons. The number of ether oxygens (including phenoxy) is 2. The number of nitro benzene ring substituents is 1. The van der Waals surface area contributed by atoms with Crippen LogP contribution < -0.4 is 0 Å². The number of rotatable bonds is 5. The predicted octanol–water partition coefficient (Wildman–Crippen LogP) is 4.15. The fraction of sp³-hybridized carbons (Fsp3) is 0.125. The van der Waals surface area contributed by atoms with Gasteiger partial charge in [0.25, 0.3) is 5.69 Å². The second-order valence-corrected chi connectivity index (χ2v) is 6.06. The quantitative estimate of drug-likeness (QED) is 0.403. The molecule has 2 aromatic carbocycles. The Balaban J connectivity index is 2.10. The molecule has 0 unspecified atom stereocenters. The maximum atomic E-state index is 12.1. The first-order valence-electron chi connectivity index (χ1n) is 6.81. The minimum absolute atomic E-state index is 0.0228. The summed E-state index contributed by atoms with van der Waals surface area (Å²) in [6.07, 6.45) is 0. The van der Waals surface area contributed by atoms with Gasteiger partial charge in [0.1, 0.15) is 6.61 Å². The molecule has 2 aromatic rings. The van der Waals surface area contributed by atoms with E-state index in [0.717, 1.165) is 6.07 Å². The van der Waals surface area contributed by atoms with E-state index in [9.17, 15) is 19.7 Å². The predicted molar refractivity (Wildman–Crippen MR) is 92.7 cm³/mol. The van der Waals surface area contributed by atoms with Gasteiger partial charge < -0.3 is 9.47 Å². The van der Waals surface area contributed by atoms with E-state index in [1.165, 1.54) is 19.2 Å². The van der Waals surface area contributed by atoms with Gasteiger partial charge in [0.05, 0.1) is 28.2 Å². The first-order valence-corrected chi connectivity index (χ1v) is 7.98. The van der Waals surface area contributed by atoms with Crippen LogP contribution in [-0.4, -0.2) is 24.0 Å². The molecule has 9 heteroatoms. The number of nitro groups is 1. The summed E-state index contributed by atoms with van der Waals surface area (Å²) in [4.78, 5) is 33.6. The van der Waals surface area contributed by atoms with Crippen LogP contribution >= 0.6 is 27.5 Å². The van der Waals surface area contributed by atoms with Gasteiger partial charge >= 0.3 is 11.9 Å². The Labute approximate surface area is 155 Å². The third-order valence-corrected chi connectivity index (χ3v) is 4.27. The lowest BCUT2D eigenvalue weighted by Gasteiger charge is -2.09. The topological polar surface area (TPSA) is 95.7 Å². The smallest absolute Gasteiger partial charge is 0.339 e. The van der Waals surface area contributed by atoms with Crippen LogP contribution in [0.4, 0.5) is 5.69 Å². The molecule has 0 heterocycles. The second kappa shape index (κ2) is 8.09. The Morgan fingerprint density at radius 2 is 1.92 bits per heavy atom. The molecule has 0 aliphatic heterocycles. The number of hydrogen-bond acceptors (Lipinski definition) is 6. The number of non-ortho nitro benzene ring substituents is 1. The van der Waals surface area contributed by atoms with Gasteiger partial charge in [-0.2, -0.15) is 0 Å². The minimum Gasteiger partial charge on any atom is -0.465 e. The van der Waals surface area contributed by atoms with Crippen LogP contribution in [0.25, 0.3) is 0 Å². The van der Waals surface area contributed by atoms with Crippen molar-refractivity contribution >= 4 is 45.2 Å². The van der Waals surface area contributed by atoms with Crippen molar-refractivity contribution in [2.24, 2.45) is 0 Å². The van der Waals surface area contributed by atoms with Gasteiger partial charge in [-0.1, -0.05) is 33.6 Å². The molecule has 7 nitrogen and oxygen atoms in total. The summed E-state index contributed by atoms with van der Waals surface area (Å²) in [7, 11) is 1.28. The van der Waals surface area contributed by atoms with E-state index in [0.29, 0.717) is 15.6 Å². The van der Waals surface area contributed by atoms with Crippen LogP contribution in [0.3, 0.4) is 0 Å². The molecule has 0 aromatic heterocycles. The molecule has 0 atom stereocenters. The molecule has 0 aliphatic carbocycles. The van der Waals surface area contributed by atoms with Gasteiger partial charge in [-0.15, -0.1) is 0 Å². The lowest BCUT2D eigenvalue weighted by Crippen LogP contribution is -2.07. The third-order valence-electron chi connectivity index (χ3n) is 3.22. The zero-order valence-corrected chi connectivity index (χ0v) is 15.2. The summed E-state index contributed by atoms with van der Waals surface area (Å²) >= 11 is 9.18. The number of methoxy groups -OCH3 is 1. The molecular formula is C16H11BrClNO6.